The standard InChI is InChI=1S/C19H24FN3O2.HI/c1-4-25-18-10-9-14(11-16(18)20)12-22-19(21-2)23-13-15-7-5-6-8-17(15)24-3;/h5-11H,4,12-13H2,1-3H3,(H2,21,22,23);1H. The minimum absolute atomic E-state index is 0. The Morgan fingerprint density at radius 3 is 2.46 bits per heavy atom. The Bertz CT molecular complexity index is 726. The molecule has 0 radical (unpaired) electrons. The van der Waals surface area contributed by atoms with Crippen molar-refractivity contribution in [2.24, 2.45) is 4.99 Å². The van der Waals surface area contributed by atoms with Crippen LogP contribution in [0.2, 0.25) is 0 Å². The van der Waals surface area contributed by atoms with Crippen LogP contribution in [0.25, 0.3) is 0 Å². The fraction of sp³-hybridized carbons (Fsp3) is 0.316. The van der Waals surface area contributed by atoms with Gasteiger partial charge in [0.2, 0.25) is 0 Å². The Labute approximate surface area is 171 Å². The maximum Gasteiger partial charge on any atom is 0.191 e. The first kappa shape index (κ1) is 22.0. The number of guanidine groups is 1. The summed E-state index contributed by atoms with van der Waals surface area (Å²) in [5.41, 5.74) is 1.83. The van der Waals surface area contributed by atoms with Crippen LogP contribution in [-0.4, -0.2) is 26.7 Å². The number of methoxy groups -OCH3 is 1. The summed E-state index contributed by atoms with van der Waals surface area (Å²) in [6.07, 6.45) is 0. The summed E-state index contributed by atoms with van der Waals surface area (Å²) in [5, 5.41) is 6.38. The highest BCUT2D eigenvalue weighted by atomic mass is 127. The van der Waals surface area contributed by atoms with E-state index in [9.17, 15) is 4.39 Å². The fourth-order valence-corrected chi connectivity index (χ4v) is 2.36. The molecule has 7 heteroatoms. The number of halogens is 2. The molecule has 0 heterocycles. The van der Waals surface area contributed by atoms with Crippen LogP contribution >= 0.6 is 24.0 Å². The Morgan fingerprint density at radius 1 is 1.08 bits per heavy atom. The molecule has 2 aromatic rings. The zero-order chi connectivity index (χ0) is 18.1. The summed E-state index contributed by atoms with van der Waals surface area (Å²) in [7, 11) is 3.34. The number of nitrogens with one attached hydrogen (secondary N) is 2. The molecule has 0 aliphatic heterocycles. The van der Waals surface area contributed by atoms with E-state index in [1.807, 2.05) is 37.3 Å². The van der Waals surface area contributed by atoms with Crippen LogP contribution in [0.5, 0.6) is 11.5 Å². The quantitative estimate of drug-likeness (QED) is 0.366. The van der Waals surface area contributed by atoms with Crippen LogP contribution in [0.15, 0.2) is 47.5 Å². The van der Waals surface area contributed by atoms with Gasteiger partial charge in [-0.2, -0.15) is 0 Å². The molecule has 2 N–H and O–H groups in total. The average Bonchev–Trinajstić information content (AvgIpc) is 2.64. The molecule has 0 aromatic heterocycles. The van der Waals surface area contributed by atoms with E-state index in [2.05, 4.69) is 15.6 Å². The number of benzene rings is 2. The van der Waals surface area contributed by atoms with Crippen molar-refractivity contribution in [1.82, 2.24) is 10.6 Å². The van der Waals surface area contributed by atoms with E-state index in [-0.39, 0.29) is 35.5 Å². The van der Waals surface area contributed by atoms with E-state index in [1.54, 1.807) is 20.2 Å². The summed E-state index contributed by atoms with van der Waals surface area (Å²) < 4.78 is 24.4. The predicted molar refractivity (Wildman–Crippen MR) is 113 cm³/mol. The number of rotatable bonds is 7. The molecule has 0 spiro atoms. The van der Waals surface area contributed by atoms with Gasteiger partial charge in [-0.3, -0.25) is 4.99 Å². The number of aliphatic imine (C=N–C) groups is 1. The number of nitrogens with zero attached hydrogens (tertiary/aromatic N) is 1. The van der Waals surface area contributed by atoms with Gasteiger partial charge in [0, 0.05) is 25.7 Å². The molecule has 26 heavy (non-hydrogen) atoms. The first-order chi connectivity index (χ1) is 12.2. The Kier molecular flexibility index (Phi) is 9.79. The maximum atomic E-state index is 13.9. The molecule has 0 bridgehead atoms. The van der Waals surface area contributed by atoms with Gasteiger partial charge in [-0.05, 0) is 30.7 Å². The van der Waals surface area contributed by atoms with E-state index in [1.165, 1.54) is 6.07 Å². The van der Waals surface area contributed by atoms with Crippen molar-refractivity contribution in [1.29, 1.82) is 0 Å². The monoisotopic (exact) mass is 473 g/mol. The molecule has 2 aromatic carbocycles. The zero-order valence-electron chi connectivity index (χ0n) is 15.2. The van der Waals surface area contributed by atoms with Gasteiger partial charge >= 0.3 is 0 Å². The van der Waals surface area contributed by atoms with Crippen LogP contribution in [0, 0.1) is 5.82 Å². The zero-order valence-corrected chi connectivity index (χ0v) is 17.5. The molecule has 0 aliphatic carbocycles. The second kappa shape index (κ2) is 11.6. The molecular formula is C19H25FIN3O2. The van der Waals surface area contributed by atoms with Gasteiger partial charge in [-0.15, -0.1) is 24.0 Å². The molecule has 5 nitrogen and oxygen atoms in total. The van der Waals surface area contributed by atoms with Crippen molar-refractivity contribution in [2.45, 2.75) is 20.0 Å². The van der Waals surface area contributed by atoms with E-state index in [0.29, 0.717) is 25.7 Å². The molecule has 0 saturated carbocycles. The molecule has 0 saturated heterocycles. The molecule has 0 amide bonds. The highest BCUT2D eigenvalue weighted by molar-refractivity contribution is 14.0. The Hall–Kier alpha value is -2.03. The number of ether oxygens (including phenoxy) is 2. The lowest BCUT2D eigenvalue weighted by Gasteiger charge is -2.14. The van der Waals surface area contributed by atoms with Crippen LogP contribution < -0.4 is 20.1 Å². The van der Waals surface area contributed by atoms with Gasteiger partial charge in [0.15, 0.2) is 17.5 Å². The summed E-state index contributed by atoms with van der Waals surface area (Å²) in [6, 6.07) is 12.7. The number of hydrogen-bond acceptors (Lipinski definition) is 3. The minimum atomic E-state index is -0.363. The molecule has 142 valence electrons. The van der Waals surface area contributed by atoms with Crippen molar-refractivity contribution >= 4 is 29.9 Å². The van der Waals surface area contributed by atoms with Gasteiger partial charge < -0.3 is 20.1 Å². The van der Waals surface area contributed by atoms with Crippen LogP contribution in [0.4, 0.5) is 4.39 Å². The predicted octanol–water partition coefficient (Wildman–Crippen LogP) is 3.72. The lowest BCUT2D eigenvalue weighted by atomic mass is 10.2. The van der Waals surface area contributed by atoms with Gasteiger partial charge in [0.25, 0.3) is 0 Å². The first-order valence-corrected chi connectivity index (χ1v) is 8.15. The third-order valence-corrected chi connectivity index (χ3v) is 3.62. The smallest absolute Gasteiger partial charge is 0.191 e. The Morgan fingerprint density at radius 2 is 1.81 bits per heavy atom. The minimum Gasteiger partial charge on any atom is -0.496 e. The van der Waals surface area contributed by atoms with Crippen LogP contribution in [0.1, 0.15) is 18.1 Å². The van der Waals surface area contributed by atoms with E-state index in [4.69, 9.17) is 9.47 Å². The molecule has 0 aliphatic rings. The fourth-order valence-electron chi connectivity index (χ4n) is 2.36. The van der Waals surface area contributed by atoms with Crippen LogP contribution in [-0.2, 0) is 13.1 Å². The first-order valence-electron chi connectivity index (χ1n) is 8.15. The summed E-state index contributed by atoms with van der Waals surface area (Å²) in [5.74, 6) is 1.35. The van der Waals surface area contributed by atoms with Crippen molar-refractivity contribution in [3.8, 4) is 11.5 Å². The number of para-hydroxylation sites is 1. The third-order valence-electron chi connectivity index (χ3n) is 3.62. The van der Waals surface area contributed by atoms with E-state index in [0.717, 1.165) is 16.9 Å². The SMILES string of the molecule is CCOc1ccc(CNC(=NC)NCc2ccccc2OC)cc1F.I. The molecule has 0 fully saturated rings. The summed E-state index contributed by atoms with van der Waals surface area (Å²) in [6.45, 7) is 3.29. The highest BCUT2D eigenvalue weighted by Crippen LogP contribution is 2.18. The van der Waals surface area contributed by atoms with E-state index < -0.39 is 0 Å². The van der Waals surface area contributed by atoms with Crippen molar-refractivity contribution in [2.75, 3.05) is 20.8 Å². The molecule has 2 rings (SSSR count). The number of hydrogen-bond donors (Lipinski definition) is 2. The second-order valence-corrected chi connectivity index (χ2v) is 5.29. The van der Waals surface area contributed by atoms with Gasteiger partial charge in [0.1, 0.15) is 5.75 Å². The Balaban J connectivity index is 0.00000338. The van der Waals surface area contributed by atoms with Crippen molar-refractivity contribution < 1.29 is 13.9 Å². The highest BCUT2D eigenvalue weighted by Gasteiger charge is 2.06. The van der Waals surface area contributed by atoms with Gasteiger partial charge in [-0.25, -0.2) is 4.39 Å². The van der Waals surface area contributed by atoms with Crippen molar-refractivity contribution in [3.63, 3.8) is 0 Å². The molecule has 0 atom stereocenters. The normalized spacial score (nSPS) is 10.7. The molecule has 0 unspecified atom stereocenters. The van der Waals surface area contributed by atoms with Gasteiger partial charge in [-0.1, -0.05) is 24.3 Å². The lowest BCUT2D eigenvalue weighted by Crippen LogP contribution is -2.36. The summed E-state index contributed by atoms with van der Waals surface area (Å²) >= 11 is 0. The topological polar surface area (TPSA) is 54.9 Å². The van der Waals surface area contributed by atoms with Crippen molar-refractivity contribution in [3.05, 3.63) is 59.4 Å². The average molecular weight is 473 g/mol. The molecular weight excluding hydrogens is 448 g/mol. The summed E-state index contributed by atoms with van der Waals surface area (Å²) in [4.78, 5) is 4.18. The van der Waals surface area contributed by atoms with Crippen LogP contribution in [0.3, 0.4) is 0 Å². The van der Waals surface area contributed by atoms with Gasteiger partial charge in [0.05, 0.1) is 13.7 Å². The maximum absolute atomic E-state index is 13.9. The third kappa shape index (κ3) is 6.36. The largest absolute Gasteiger partial charge is 0.496 e. The lowest BCUT2D eigenvalue weighted by molar-refractivity contribution is 0.321. The van der Waals surface area contributed by atoms with E-state index >= 15 is 0 Å². The second-order valence-electron chi connectivity index (χ2n) is 5.29.